The molecule has 1 aromatic heterocycles. The van der Waals surface area contributed by atoms with Gasteiger partial charge in [0.15, 0.2) is 5.76 Å². The van der Waals surface area contributed by atoms with Crippen molar-refractivity contribution in [1.29, 1.82) is 0 Å². The third kappa shape index (κ3) is 3.74. The second kappa shape index (κ2) is 7.28. The molecule has 2 heterocycles. The van der Waals surface area contributed by atoms with E-state index in [1.54, 1.807) is 35.2 Å². The minimum atomic E-state index is -0.190. The maximum Gasteiger partial charge on any atom is 0.289 e. The van der Waals surface area contributed by atoms with Crippen LogP contribution in [0.15, 0.2) is 41.0 Å². The lowest BCUT2D eigenvalue weighted by Gasteiger charge is -2.31. The number of rotatable bonds is 3. The molecule has 1 aliphatic rings. The van der Waals surface area contributed by atoms with Crippen molar-refractivity contribution < 1.29 is 14.0 Å². The zero-order valence-corrected chi connectivity index (χ0v) is 14.3. The Labute approximate surface area is 149 Å². The van der Waals surface area contributed by atoms with Crippen LogP contribution in [0.2, 0.25) is 10.0 Å². The van der Waals surface area contributed by atoms with Crippen LogP contribution < -0.4 is 5.32 Å². The summed E-state index contributed by atoms with van der Waals surface area (Å²) in [5.41, 5.74) is 0.471. The molecule has 0 bridgehead atoms. The number of carbonyl (C=O) groups is 2. The highest BCUT2D eigenvalue weighted by Crippen LogP contribution is 2.23. The van der Waals surface area contributed by atoms with E-state index in [2.05, 4.69) is 5.32 Å². The zero-order valence-electron chi connectivity index (χ0n) is 12.8. The first-order chi connectivity index (χ1) is 11.5. The molecule has 0 radical (unpaired) electrons. The van der Waals surface area contributed by atoms with E-state index in [-0.39, 0.29) is 17.9 Å². The summed E-state index contributed by atoms with van der Waals surface area (Å²) >= 11 is 11.8. The lowest BCUT2D eigenvalue weighted by Crippen LogP contribution is -2.46. The molecule has 2 aromatic rings. The Morgan fingerprint density at radius 2 is 1.88 bits per heavy atom. The summed E-state index contributed by atoms with van der Waals surface area (Å²) in [6, 6.07) is 8.16. The third-order valence-corrected chi connectivity index (χ3v) is 4.77. The van der Waals surface area contributed by atoms with Crippen LogP contribution in [0.1, 0.15) is 33.8 Å². The molecule has 1 N–H and O–H groups in total. The average Bonchev–Trinajstić information content (AvgIpc) is 3.12. The van der Waals surface area contributed by atoms with Crippen molar-refractivity contribution in [2.75, 3.05) is 13.1 Å². The summed E-state index contributed by atoms with van der Waals surface area (Å²) in [4.78, 5) is 26.2. The summed E-state index contributed by atoms with van der Waals surface area (Å²) in [7, 11) is 0. The smallest absolute Gasteiger partial charge is 0.289 e. The molecule has 1 fully saturated rings. The molecule has 0 atom stereocenters. The van der Waals surface area contributed by atoms with Crippen LogP contribution in [0.25, 0.3) is 0 Å². The summed E-state index contributed by atoms with van der Waals surface area (Å²) in [6.45, 7) is 1.15. The Bertz CT molecular complexity index is 738. The zero-order chi connectivity index (χ0) is 17.1. The Morgan fingerprint density at radius 3 is 2.50 bits per heavy atom. The normalized spacial score (nSPS) is 15.3. The third-order valence-electron chi connectivity index (χ3n) is 4.03. The Hall–Kier alpha value is -1.98. The molecule has 24 heavy (non-hydrogen) atoms. The molecule has 0 unspecified atom stereocenters. The molecule has 126 valence electrons. The van der Waals surface area contributed by atoms with Gasteiger partial charge >= 0.3 is 0 Å². The summed E-state index contributed by atoms with van der Waals surface area (Å²) in [5, 5.41) is 3.74. The molecule has 5 nitrogen and oxygen atoms in total. The standard InChI is InChI=1S/C17H16Cl2N2O3/c18-13-4-3-11(10-14(13)19)16(22)20-12-5-7-21(8-6-12)17(23)15-2-1-9-24-15/h1-4,9-10,12H,5-8H2,(H,20,22). The summed E-state index contributed by atoms with van der Waals surface area (Å²) in [6.07, 6.45) is 2.87. The summed E-state index contributed by atoms with van der Waals surface area (Å²) in [5.74, 6) is 0.0342. The monoisotopic (exact) mass is 366 g/mol. The van der Waals surface area contributed by atoms with E-state index in [0.717, 1.165) is 0 Å². The molecule has 7 heteroatoms. The van der Waals surface area contributed by atoms with Gasteiger partial charge in [-0.05, 0) is 43.2 Å². The van der Waals surface area contributed by atoms with Gasteiger partial charge < -0.3 is 14.6 Å². The van der Waals surface area contributed by atoms with Crippen molar-refractivity contribution in [3.05, 3.63) is 58.0 Å². The van der Waals surface area contributed by atoms with Gasteiger partial charge in [0, 0.05) is 24.7 Å². The van der Waals surface area contributed by atoms with E-state index in [0.29, 0.717) is 47.3 Å². The minimum Gasteiger partial charge on any atom is -0.459 e. The van der Waals surface area contributed by atoms with E-state index in [4.69, 9.17) is 27.6 Å². The highest BCUT2D eigenvalue weighted by atomic mass is 35.5. The lowest BCUT2D eigenvalue weighted by molar-refractivity contribution is 0.0667. The van der Waals surface area contributed by atoms with Gasteiger partial charge in [-0.15, -0.1) is 0 Å². The number of nitrogens with zero attached hydrogens (tertiary/aromatic N) is 1. The van der Waals surface area contributed by atoms with Crippen molar-refractivity contribution in [2.24, 2.45) is 0 Å². The van der Waals surface area contributed by atoms with Crippen molar-refractivity contribution in [3.8, 4) is 0 Å². The highest BCUT2D eigenvalue weighted by Gasteiger charge is 2.26. The molecular weight excluding hydrogens is 351 g/mol. The largest absolute Gasteiger partial charge is 0.459 e. The van der Waals surface area contributed by atoms with Crippen molar-refractivity contribution >= 4 is 35.0 Å². The molecule has 0 spiro atoms. The molecule has 1 aromatic carbocycles. The molecular formula is C17H16Cl2N2O3. The van der Waals surface area contributed by atoms with Crippen molar-refractivity contribution in [3.63, 3.8) is 0 Å². The lowest BCUT2D eigenvalue weighted by atomic mass is 10.0. The number of amides is 2. The fourth-order valence-electron chi connectivity index (χ4n) is 2.69. The van der Waals surface area contributed by atoms with Crippen LogP contribution in [0, 0.1) is 0 Å². The molecule has 1 saturated heterocycles. The molecule has 3 rings (SSSR count). The van der Waals surface area contributed by atoms with Crippen LogP contribution in [0.4, 0.5) is 0 Å². The van der Waals surface area contributed by atoms with E-state index < -0.39 is 0 Å². The van der Waals surface area contributed by atoms with Gasteiger partial charge in [0.2, 0.25) is 0 Å². The number of carbonyl (C=O) groups excluding carboxylic acids is 2. The number of piperidine rings is 1. The average molecular weight is 367 g/mol. The first-order valence-electron chi connectivity index (χ1n) is 7.63. The first kappa shape index (κ1) is 16.9. The van der Waals surface area contributed by atoms with E-state index in [9.17, 15) is 9.59 Å². The van der Waals surface area contributed by atoms with Gasteiger partial charge in [-0.3, -0.25) is 9.59 Å². The summed E-state index contributed by atoms with van der Waals surface area (Å²) < 4.78 is 5.13. The number of benzene rings is 1. The van der Waals surface area contributed by atoms with Gasteiger partial charge in [0.1, 0.15) is 0 Å². The number of halogens is 2. The van der Waals surface area contributed by atoms with Crippen LogP contribution in [-0.4, -0.2) is 35.8 Å². The van der Waals surface area contributed by atoms with Crippen molar-refractivity contribution in [2.45, 2.75) is 18.9 Å². The molecule has 0 aliphatic carbocycles. The molecule has 0 saturated carbocycles. The fraction of sp³-hybridized carbons (Fsp3) is 0.294. The Kier molecular flexibility index (Phi) is 5.11. The topological polar surface area (TPSA) is 62.6 Å². The minimum absolute atomic E-state index is 0.0209. The Morgan fingerprint density at radius 1 is 1.12 bits per heavy atom. The molecule has 2 amide bonds. The van der Waals surface area contributed by atoms with E-state index in [1.807, 2.05) is 0 Å². The van der Waals surface area contributed by atoms with E-state index in [1.165, 1.54) is 6.26 Å². The van der Waals surface area contributed by atoms with Crippen molar-refractivity contribution in [1.82, 2.24) is 10.2 Å². The van der Waals surface area contributed by atoms with Gasteiger partial charge in [0.05, 0.1) is 16.3 Å². The second-order valence-corrected chi connectivity index (χ2v) is 6.46. The van der Waals surface area contributed by atoms with Gasteiger partial charge in [0.25, 0.3) is 11.8 Å². The van der Waals surface area contributed by atoms with Crippen LogP contribution in [-0.2, 0) is 0 Å². The predicted molar refractivity (Wildman–Crippen MR) is 91.6 cm³/mol. The number of hydrogen-bond acceptors (Lipinski definition) is 3. The SMILES string of the molecule is O=C(NC1CCN(C(=O)c2ccco2)CC1)c1ccc(Cl)c(Cl)c1. The first-order valence-corrected chi connectivity index (χ1v) is 8.39. The predicted octanol–water partition coefficient (Wildman–Crippen LogP) is 3.62. The maximum absolute atomic E-state index is 12.3. The van der Waals surface area contributed by atoms with Gasteiger partial charge in [-0.25, -0.2) is 0 Å². The highest BCUT2D eigenvalue weighted by molar-refractivity contribution is 6.42. The van der Waals surface area contributed by atoms with Crippen LogP contribution >= 0.6 is 23.2 Å². The number of likely N-dealkylation sites (tertiary alicyclic amines) is 1. The number of furan rings is 1. The quantitative estimate of drug-likeness (QED) is 0.901. The maximum atomic E-state index is 12.3. The Balaban J connectivity index is 1.54. The fourth-order valence-corrected chi connectivity index (χ4v) is 2.99. The van der Waals surface area contributed by atoms with Gasteiger partial charge in [-0.2, -0.15) is 0 Å². The number of hydrogen-bond donors (Lipinski definition) is 1. The van der Waals surface area contributed by atoms with Crippen LogP contribution in [0.3, 0.4) is 0 Å². The van der Waals surface area contributed by atoms with E-state index >= 15 is 0 Å². The molecule has 1 aliphatic heterocycles. The van der Waals surface area contributed by atoms with Gasteiger partial charge in [-0.1, -0.05) is 23.2 Å². The van der Waals surface area contributed by atoms with Crippen LogP contribution in [0.5, 0.6) is 0 Å². The second-order valence-electron chi connectivity index (χ2n) is 5.65. The number of nitrogens with one attached hydrogen (secondary N) is 1.